The fourth-order valence-electron chi connectivity index (χ4n) is 3.53. The second-order valence-electron chi connectivity index (χ2n) is 7.92. The molecule has 3 aromatic heterocycles. The van der Waals surface area contributed by atoms with Crippen LogP contribution in [-0.2, 0) is 21.1 Å². The normalized spacial score (nSPS) is 11.6. The van der Waals surface area contributed by atoms with Crippen molar-refractivity contribution in [3.8, 4) is 0 Å². The molecule has 0 bridgehead atoms. The minimum absolute atomic E-state index is 0.0428. The Morgan fingerprint density at radius 3 is 2.20 bits per heavy atom. The molecule has 3 rings (SSSR count). The van der Waals surface area contributed by atoms with E-state index in [1.165, 1.54) is 0 Å². The zero-order valence-corrected chi connectivity index (χ0v) is 20.9. The predicted molar refractivity (Wildman–Crippen MR) is 139 cm³/mol. The average Bonchev–Trinajstić information content (AvgIpc) is 3.47. The van der Waals surface area contributed by atoms with Crippen LogP contribution in [0.5, 0.6) is 0 Å². The molecule has 188 valence electrons. The van der Waals surface area contributed by atoms with E-state index in [1.807, 2.05) is 19.3 Å². The van der Waals surface area contributed by atoms with E-state index in [1.54, 1.807) is 52.3 Å². The highest BCUT2D eigenvalue weighted by Crippen LogP contribution is 2.24. The molecule has 3 aromatic rings. The second-order valence-corrected chi connectivity index (χ2v) is 8.21. The Balaban J connectivity index is 1.64. The van der Waals surface area contributed by atoms with Crippen LogP contribution in [0.1, 0.15) is 32.9 Å². The number of anilines is 3. The van der Waals surface area contributed by atoms with Gasteiger partial charge in [0, 0.05) is 46.3 Å². The van der Waals surface area contributed by atoms with Gasteiger partial charge in [0.25, 0.3) is 11.8 Å². The van der Waals surface area contributed by atoms with Gasteiger partial charge in [-0.05, 0) is 27.6 Å². The molecule has 0 saturated heterocycles. The van der Waals surface area contributed by atoms with Crippen LogP contribution in [0.25, 0.3) is 0 Å². The number of amides is 2. The Kier molecular flexibility index (Phi) is 8.05. The molecule has 2 unspecified atom stereocenters. The number of nitrogens with one attached hydrogen (secondary N) is 4. The molecule has 3 heterocycles. The van der Waals surface area contributed by atoms with Gasteiger partial charge in [0.2, 0.25) is 0 Å². The molecular weight excluding hydrogens is 471 g/mol. The summed E-state index contributed by atoms with van der Waals surface area (Å²) in [6.45, 7) is 0.535. The molecule has 0 aromatic carbocycles. The molecule has 14 heteroatoms. The summed E-state index contributed by atoms with van der Waals surface area (Å²) in [7, 11) is 7.66. The molecule has 0 fully saturated rings. The Morgan fingerprint density at radius 1 is 0.971 bits per heavy atom. The molecule has 13 nitrogen and oxygen atoms in total. The summed E-state index contributed by atoms with van der Waals surface area (Å²) in [6.07, 6.45) is 4.21. The van der Waals surface area contributed by atoms with Crippen LogP contribution < -0.4 is 32.5 Å². The summed E-state index contributed by atoms with van der Waals surface area (Å²) in [5.74, 6) is -0.730. The number of nitrogens with two attached hydrogens (primary N) is 2. The number of carbonyl (C=O) groups is 2. The third-order valence-electron chi connectivity index (χ3n) is 5.22. The molecular formula is C21H31N10O3P. The Bertz CT molecular complexity index is 1240. The zero-order chi connectivity index (χ0) is 25.7. The van der Waals surface area contributed by atoms with Gasteiger partial charge < -0.3 is 51.3 Å². The molecule has 0 spiro atoms. The van der Waals surface area contributed by atoms with Crippen LogP contribution in [0, 0.1) is 0 Å². The quantitative estimate of drug-likeness (QED) is 0.0682. The van der Waals surface area contributed by atoms with Gasteiger partial charge in [-0.3, -0.25) is 14.6 Å². The van der Waals surface area contributed by atoms with Gasteiger partial charge in [-0.1, -0.05) is 0 Å². The first kappa shape index (κ1) is 25.7. The van der Waals surface area contributed by atoms with Crippen LogP contribution >= 0.6 is 9.39 Å². The Morgan fingerprint density at radius 2 is 1.57 bits per heavy atom. The first-order valence-electron chi connectivity index (χ1n) is 10.6. The summed E-state index contributed by atoms with van der Waals surface area (Å²) in [5, 5.41) is 22.0. The number of hydrogen-bond donors (Lipinski definition) is 7. The maximum absolute atomic E-state index is 12.9. The molecule has 0 aliphatic carbocycles. The molecule has 2 atom stereocenters. The maximum atomic E-state index is 12.9. The fourth-order valence-corrected chi connectivity index (χ4v) is 3.69. The summed E-state index contributed by atoms with van der Waals surface area (Å²) in [4.78, 5) is 29.1. The van der Waals surface area contributed by atoms with Crippen molar-refractivity contribution in [2.45, 2.75) is 6.23 Å². The summed E-state index contributed by atoms with van der Waals surface area (Å²) in [6, 6.07) is 5.02. The number of carbonyl (C=O) groups excluding carboxylic acids is 2. The van der Waals surface area contributed by atoms with Gasteiger partial charge >= 0.3 is 0 Å². The third-order valence-corrected chi connectivity index (χ3v) is 5.55. The molecule has 0 radical (unpaired) electrons. The molecule has 0 aliphatic heterocycles. The highest BCUT2D eigenvalue weighted by molar-refractivity contribution is 7.18. The van der Waals surface area contributed by atoms with E-state index < -0.39 is 6.23 Å². The van der Waals surface area contributed by atoms with Gasteiger partial charge in [0.15, 0.2) is 12.2 Å². The van der Waals surface area contributed by atoms with E-state index in [-0.39, 0.29) is 30.9 Å². The van der Waals surface area contributed by atoms with Crippen molar-refractivity contribution in [2.24, 2.45) is 37.6 Å². The largest absolute Gasteiger partial charge is 0.370 e. The van der Waals surface area contributed by atoms with Crippen molar-refractivity contribution in [1.82, 2.24) is 19.0 Å². The fraction of sp³-hybridized carbons (Fsp3) is 0.286. The topological polar surface area (TPSA) is 182 Å². The summed E-state index contributed by atoms with van der Waals surface area (Å²) in [5.41, 5.74) is 13.8. The lowest BCUT2D eigenvalue weighted by atomic mass is 10.3. The van der Waals surface area contributed by atoms with Crippen LogP contribution in [-0.4, -0.2) is 49.7 Å². The van der Waals surface area contributed by atoms with Crippen molar-refractivity contribution in [3.63, 3.8) is 0 Å². The zero-order valence-electron chi connectivity index (χ0n) is 19.7. The van der Waals surface area contributed by atoms with E-state index in [0.29, 0.717) is 28.5 Å². The minimum atomic E-state index is -0.979. The van der Waals surface area contributed by atoms with Crippen molar-refractivity contribution >= 4 is 44.2 Å². The van der Waals surface area contributed by atoms with E-state index in [2.05, 4.69) is 35.4 Å². The van der Waals surface area contributed by atoms with Crippen molar-refractivity contribution in [3.05, 3.63) is 53.9 Å². The summed E-state index contributed by atoms with van der Waals surface area (Å²) >= 11 is 0. The number of aliphatic imine (C=N–C) groups is 1. The standard InChI is InChI=1S/C21H31N10O3P/c1-29-9-12(6-15(29)18(32)24-4-5-25-21(22)23)26-19(33)16-7-13(10-30(16)2)27-20(34)17-8-14(28-35)11-31(17)3/h6-11,20,27-28,34H,4-5,35H2,1-3H3,(H,24,32)(H,26,33)(H4,22,23,25). The van der Waals surface area contributed by atoms with Gasteiger partial charge in [0.05, 0.1) is 29.3 Å². The smallest absolute Gasteiger partial charge is 0.272 e. The molecule has 0 aliphatic rings. The molecule has 9 N–H and O–H groups in total. The summed E-state index contributed by atoms with van der Waals surface area (Å²) < 4.78 is 5.05. The predicted octanol–water partition coefficient (Wildman–Crippen LogP) is 0.263. The van der Waals surface area contributed by atoms with E-state index in [4.69, 9.17) is 11.5 Å². The SMILES string of the molecule is Cn1cc(NC(=O)c2cc(NC(O)c3cc(NP)cn3C)cn2C)cc1C(=O)NCCN=C(N)N. The molecule has 0 saturated carbocycles. The number of nitrogens with zero attached hydrogens (tertiary/aromatic N) is 4. The number of aliphatic hydroxyl groups is 1. The number of rotatable bonds is 10. The number of hydrogen-bond acceptors (Lipinski definition) is 6. The lowest BCUT2D eigenvalue weighted by Gasteiger charge is -2.13. The lowest BCUT2D eigenvalue weighted by molar-refractivity contribution is 0.0945. The molecule has 35 heavy (non-hydrogen) atoms. The first-order chi connectivity index (χ1) is 16.6. The lowest BCUT2D eigenvalue weighted by Crippen LogP contribution is -2.29. The van der Waals surface area contributed by atoms with E-state index in [0.717, 1.165) is 5.69 Å². The van der Waals surface area contributed by atoms with E-state index >= 15 is 0 Å². The monoisotopic (exact) mass is 502 g/mol. The Hall–Kier alpha value is -3.96. The van der Waals surface area contributed by atoms with Crippen LogP contribution in [0.4, 0.5) is 17.1 Å². The maximum Gasteiger partial charge on any atom is 0.272 e. The van der Waals surface area contributed by atoms with Gasteiger partial charge in [0.1, 0.15) is 11.4 Å². The van der Waals surface area contributed by atoms with Gasteiger partial charge in [-0.2, -0.15) is 0 Å². The second kappa shape index (κ2) is 11.0. The Labute approximate surface area is 204 Å². The number of aromatic nitrogens is 3. The molecule has 2 amide bonds. The number of aryl methyl sites for hydroxylation is 3. The first-order valence-corrected chi connectivity index (χ1v) is 11.2. The van der Waals surface area contributed by atoms with Crippen LogP contribution in [0.3, 0.4) is 0 Å². The highest BCUT2D eigenvalue weighted by atomic mass is 31.0. The van der Waals surface area contributed by atoms with Crippen LogP contribution in [0.2, 0.25) is 0 Å². The highest BCUT2D eigenvalue weighted by Gasteiger charge is 2.18. The number of guanidine groups is 1. The van der Waals surface area contributed by atoms with E-state index in [9.17, 15) is 14.7 Å². The van der Waals surface area contributed by atoms with Gasteiger partial charge in [-0.15, -0.1) is 0 Å². The minimum Gasteiger partial charge on any atom is -0.370 e. The van der Waals surface area contributed by atoms with Crippen molar-refractivity contribution < 1.29 is 14.7 Å². The van der Waals surface area contributed by atoms with Gasteiger partial charge in [-0.25, -0.2) is 0 Å². The van der Waals surface area contributed by atoms with Crippen molar-refractivity contribution in [1.29, 1.82) is 0 Å². The van der Waals surface area contributed by atoms with Crippen molar-refractivity contribution in [2.75, 3.05) is 28.8 Å². The third kappa shape index (κ3) is 6.34. The van der Waals surface area contributed by atoms with Crippen LogP contribution in [0.15, 0.2) is 41.8 Å². The average molecular weight is 503 g/mol. The number of aliphatic hydroxyl groups excluding tert-OH is 1.